The van der Waals surface area contributed by atoms with Gasteiger partial charge in [-0.25, -0.2) is 4.98 Å². The molecule has 0 aliphatic rings. The lowest BCUT2D eigenvalue weighted by Gasteiger charge is -2.10. The third-order valence-corrected chi connectivity index (χ3v) is 3.23. The topological polar surface area (TPSA) is 83.1 Å². The average Bonchev–Trinajstić information content (AvgIpc) is 2.60. The van der Waals surface area contributed by atoms with Gasteiger partial charge >= 0.3 is 11.8 Å². The van der Waals surface area contributed by atoms with Crippen molar-refractivity contribution < 1.29 is 9.59 Å². The molecule has 120 valence electrons. The van der Waals surface area contributed by atoms with Crippen LogP contribution in [0.25, 0.3) is 0 Å². The minimum Gasteiger partial charge on any atom is -0.368 e. The summed E-state index contributed by atoms with van der Waals surface area (Å²) in [6.45, 7) is 2.81. The second-order valence-corrected chi connectivity index (χ2v) is 4.86. The van der Waals surface area contributed by atoms with Gasteiger partial charge in [0.1, 0.15) is 5.82 Å². The van der Waals surface area contributed by atoms with E-state index in [1.54, 1.807) is 12.3 Å². The van der Waals surface area contributed by atoms with Crippen LogP contribution in [-0.4, -0.2) is 29.9 Å². The Morgan fingerprint density at radius 2 is 1.78 bits per heavy atom. The number of hydrogen-bond donors (Lipinski definition) is 3. The van der Waals surface area contributed by atoms with Gasteiger partial charge in [-0.2, -0.15) is 0 Å². The van der Waals surface area contributed by atoms with E-state index in [4.69, 9.17) is 0 Å². The first-order valence-electron chi connectivity index (χ1n) is 7.52. The van der Waals surface area contributed by atoms with E-state index >= 15 is 0 Å². The second kappa shape index (κ2) is 8.53. The van der Waals surface area contributed by atoms with Crippen LogP contribution in [0.15, 0.2) is 48.7 Å². The summed E-state index contributed by atoms with van der Waals surface area (Å²) in [4.78, 5) is 27.8. The molecule has 6 heteroatoms. The highest BCUT2D eigenvalue weighted by Gasteiger charge is 2.14. The molecule has 0 saturated heterocycles. The molecule has 23 heavy (non-hydrogen) atoms. The maximum absolute atomic E-state index is 11.9. The van der Waals surface area contributed by atoms with Gasteiger partial charge in [-0.15, -0.1) is 0 Å². The number of aryl methyl sites for hydroxylation is 1. The fraction of sp³-hybridized carbons (Fsp3) is 0.235. The molecule has 0 aliphatic carbocycles. The van der Waals surface area contributed by atoms with Crippen LogP contribution < -0.4 is 16.0 Å². The van der Waals surface area contributed by atoms with Gasteiger partial charge in [0.05, 0.1) is 0 Å². The number of hydrogen-bond acceptors (Lipinski definition) is 4. The van der Waals surface area contributed by atoms with Crippen molar-refractivity contribution in [1.82, 2.24) is 10.3 Å². The Hall–Kier alpha value is -2.89. The van der Waals surface area contributed by atoms with E-state index in [1.165, 1.54) is 0 Å². The zero-order chi connectivity index (χ0) is 16.5. The smallest absolute Gasteiger partial charge is 0.313 e. The number of anilines is 2. The van der Waals surface area contributed by atoms with Crippen LogP contribution in [0, 0.1) is 0 Å². The van der Waals surface area contributed by atoms with Gasteiger partial charge in [-0.05, 0) is 30.2 Å². The van der Waals surface area contributed by atoms with Crippen molar-refractivity contribution in [3.8, 4) is 0 Å². The SMILES string of the molecule is CCc1ccccc1NC(=O)C(=O)NCCNc1ccccn1. The lowest BCUT2D eigenvalue weighted by molar-refractivity contribution is -0.136. The predicted molar refractivity (Wildman–Crippen MR) is 90.2 cm³/mol. The molecule has 2 rings (SSSR count). The molecular formula is C17H20N4O2. The number of nitrogens with zero attached hydrogens (tertiary/aromatic N) is 1. The summed E-state index contributed by atoms with van der Waals surface area (Å²) >= 11 is 0. The number of pyridine rings is 1. The molecule has 6 nitrogen and oxygen atoms in total. The van der Waals surface area contributed by atoms with Gasteiger partial charge in [-0.3, -0.25) is 9.59 Å². The minimum absolute atomic E-state index is 0.332. The Morgan fingerprint density at radius 1 is 1.00 bits per heavy atom. The number of nitrogens with one attached hydrogen (secondary N) is 3. The maximum atomic E-state index is 11.9. The summed E-state index contributed by atoms with van der Waals surface area (Å²) in [6, 6.07) is 13.0. The Balaban J connectivity index is 1.76. The molecule has 0 radical (unpaired) electrons. The van der Waals surface area contributed by atoms with E-state index in [0.717, 1.165) is 17.8 Å². The first-order chi connectivity index (χ1) is 11.2. The molecule has 1 aromatic carbocycles. The third kappa shape index (κ3) is 5.10. The molecule has 0 spiro atoms. The van der Waals surface area contributed by atoms with Crippen LogP contribution in [0.3, 0.4) is 0 Å². The molecule has 0 unspecified atom stereocenters. The molecule has 0 bridgehead atoms. The molecular weight excluding hydrogens is 292 g/mol. The van der Waals surface area contributed by atoms with E-state index < -0.39 is 11.8 Å². The first kappa shape index (κ1) is 16.5. The Bertz CT molecular complexity index is 659. The number of benzene rings is 1. The Labute approximate surface area is 135 Å². The molecule has 2 amide bonds. The predicted octanol–water partition coefficient (Wildman–Crippen LogP) is 1.81. The number of carbonyl (C=O) groups excluding carboxylic acids is 2. The van der Waals surface area contributed by atoms with E-state index in [1.807, 2.05) is 43.3 Å². The van der Waals surface area contributed by atoms with E-state index in [9.17, 15) is 9.59 Å². The summed E-state index contributed by atoms with van der Waals surface area (Å²) in [5, 5.41) is 8.25. The lowest BCUT2D eigenvalue weighted by Crippen LogP contribution is -2.38. The summed E-state index contributed by atoms with van der Waals surface area (Å²) < 4.78 is 0. The van der Waals surface area contributed by atoms with Gasteiger partial charge < -0.3 is 16.0 Å². The van der Waals surface area contributed by atoms with Gasteiger partial charge in [0.25, 0.3) is 0 Å². The first-order valence-corrected chi connectivity index (χ1v) is 7.52. The Morgan fingerprint density at radius 3 is 2.52 bits per heavy atom. The largest absolute Gasteiger partial charge is 0.368 e. The summed E-state index contributed by atoms with van der Waals surface area (Å²) in [5.41, 5.74) is 1.66. The van der Waals surface area contributed by atoms with Crippen LogP contribution in [0.1, 0.15) is 12.5 Å². The molecule has 1 aromatic heterocycles. The van der Waals surface area contributed by atoms with Crippen molar-refractivity contribution in [2.24, 2.45) is 0 Å². The normalized spacial score (nSPS) is 9.96. The highest BCUT2D eigenvalue weighted by atomic mass is 16.2. The summed E-state index contributed by atoms with van der Waals surface area (Å²) in [5.74, 6) is -0.592. The van der Waals surface area contributed by atoms with E-state index in [-0.39, 0.29) is 0 Å². The molecule has 0 saturated carbocycles. The van der Waals surface area contributed by atoms with Crippen molar-refractivity contribution in [2.75, 3.05) is 23.7 Å². The van der Waals surface area contributed by atoms with Gasteiger partial charge in [0, 0.05) is 25.0 Å². The fourth-order valence-electron chi connectivity index (χ4n) is 2.04. The number of para-hydroxylation sites is 1. The molecule has 1 heterocycles. The van der Waals surface area contributed by atoms with Crippen molar-refractivity contribution in [2.45, 2.75) is 13.3 Å². The van der Waals surface area contributed by atoms with Crippen molar-refractivity contribution in [3.05, 3.63) is 54.2 Å². The molecule has 0 aliphatic heterocycles. The Kier molecular flexibility index (Phi) is 6.11. The molecule has 3 N–H and O–H groups in total. The molecule has 2 aromatic rings. The zero-order valence-electron chi connectivity index (χ0n) is 13.0. The monoisotopic (exact) mass is 312 g/mol. The number of aromatic nitrogens is 1. The van der Waals surface area contributed by atoms with E-state index in [2.05, 4.69) is 20.9 Å². The van der Waals surface area contributed by atoms with Gasteiger partial charge in [-0.1, -0.05) is 31.2 Å². The van der Waals surface area contributed by atoms with Crippen LogP contribution in [0.5, 0.6) is 0 Å². The van der Waals surface area contributed by atoms with Crippen molar-refractivity contribution >= 4 is 23.3 Å². The van der Waals surface area contributed by atoms with Crippen LogP contribution in [0.4, 0.5) is 11.5 Å². The quantitative estimate of drug-likeness (QED) is 0.561. The van der Waals surface area contributed by atoms with Crippen LogP contribution in [-0.2, 0) is 16.0 Å². The summed E-state index contributed by atoms with van der Waals surface area (Å²) in [7, 11) is 0. The van der Waals surface area contributed by atoms with Crippen molar-refractivity contribution in [1.29, 1.82) is 0 Å². The average molecular weight is 312 g/mol. The highest BCUT2D eigenvalue weighted by molar-refractivity contribution is 6.39. The van der Waals surface area contributed by atoms with Crippen LogP contribution >= 0.6 is 0 Å². The fourth-order valence-corrected chi connectivity index (χ4v) is 2.04. The summed E-state index contributed by atoms with van der Waals surface area (Å²) in [6.07, 6.45) is 2.46. The zero-order valence-corrected chi connectivity index (χ0v) is 13.0. The number of amides is 2. The highest BCUT2D eigenvalue weighted by Crippen LogP contribution is 2.15. The van der Waals surface area contributed by atoms with Crippen molar-refractivity contribution in [3.63, 3.8) is 0 Å². The maximum Gasteiger partial charge on any atom is 0.313 e. The van der Waals surface area contributed by atoms with Gasteiger partial charge in [0.15, 0.2) is 0 Å². The van der Waals surface area contributed by atoms with Gasteiger partial charge in [0.2, 0.25) is 0 Å². The molecule has 0 atom stereocenters. The standard InChI is InChI=1S/C17H20N4O2/c1-2-13-7-3-4-8-14(13)21-17(23)16(22)20-12-11-19-15-9-5-6-10-18-15/h3-10H,2,11-12H2,1H3,(H,18,19)(H,20,22)(H,21,23). The number of carbonyl (C=O) groups is 2. The molecule has 0 fully saturated rings. The van der Waals surface area contributed by atoms with E-state index in [0.29, 0.717) is 18.8 Å². The minimum atomic E-state index is -0.663. The lowest BCUT2D eigenvalue weighted by atomic mass is 10.1. The number of rotatable bonds is 6. The third-order valence-electron chi connectivity index (χ3n) is 3.23. The van der Waals surface area contributed by atoms with Crippen LogP contribution in [0.2, 0.25) is 0 Å². The second-order valence-electron chi connectivity index (χ2n) is 4.86.